The van der Waals surface area contributed by atoms with E-state index < -0.39 is 48.5 Å². The molecule has 1 aliphatic rings. The average Bonchev–Trinajstić information content (AvgIpc) is 3.46. The minimum Gasteiger partial charge on any atom is -0.390 e. The van der Waals surface area contributed by atoms with Gasteiger partial charge in [-0.05, 0) is 18.4 Å². The first-order valence-electron chi connectivity index (χ1n) is 12.6. The van der Waals surface area contributed by atoms with Crippen molar-refractivity contribution in [1.82, 2.24) is 19.9 Å². The van der Waals surface area contributed by atoms with Gasteiger partial charge in [-0.25, -0.2) is 23.7 Å². The summed E-state index contributed by atoms with van der Waals surface area (Å²) in [5.74, 6) is 5.70. The lowest BCUT2D eigenvalue weighted by molar-refractivity contribution is -0.121. The highest BCUT2D eigenvalue weighted by molar-refractivity contribution is 7.66. The summed E-state index contributed by atoms with van der Waals surface area (Å²) in [7, 11) is -16.7. The van der Waals surface area contributed by atoms with Crippen LogP contribution in [-0.4, -0.2) is 77.0 Å². The van der Waals surface area contributed by atoms with Gasteiger partial charge < -0.3 is 45.0 Å². The van der Waals surface area contributed by atoms with Crippen molar-refractivity contribution in [3.05, 3.63) is 28.5 Å². The molecule has 1 saturated heterocycles. The molecular weight excluding hydrogens is 653 g/mol. The van der Waals surface area contributed by atoms with Crippen LogP contribution in [0.5, 0.6) is 0 Å². The zero-order chi connectivity index (χ0) is 32.5. The Morgan fingerprint density at radius 1 is 1.23 bits per heavy atom. The number of phosphoric acid groups is 3. The first-order chi connectivity index (χ1) is 20.6. The standard InChI is InChI=1S/C20H29N8O13P3/c21-19-18-13(5-1-2-6-16(30)23-7-3-4-8-26-27-22)10-28(20(18)25-12-24-19)17-9-14(29)15(39-17)11-38-43(34,35)41-44(36,37)40-42(31,32)33/h10,12,14-15,17,29H,2-4,6-9,11H2,(H,23,30)(H,34,35)(H,36,37)(H2,21,24,25)(H2,31,32,33)/t14-,15+,17+/m0/s1. The van der Waals surface area contributed by atoms with E-state index in [1.807, 2.05) is 0 Å². The zero-order valence-electron chi connectivity index (χ0n) is 22.6. The van der Waals surface area contributed by atoms with Gasteiger partial charge in [0, 0.05) is 43.5 Å². The zero-order valence-corrected chi connectivity index (χ0v) is 25.3. The first kappa shape index (κ1) is 35.6. The van der Waals surface area contributed by atoms with E-state index >= 15 is 0 Å². The van der Waals surface area contributed by atoms with Crippen molar-refractivity contribution < 1.29 is 61.1 Å². The lowest BCUT2D eigenvalue weighted by Gasteiger charge is -2.19. The topological polar surface area (TPSA) is 324 Å². The molecule has 1 fully saturated rings. The second-order valence-corrected chi connectivity index (χ2v) is 13.5. The van der Waals surface area contributed by atoms with Crippen LogP contribution in [0.2, 0.25) is 0 Å². The van der Waals surface area contributed by atoms with Crippen LogP contribution < -0.4 is 11.1 Å². The van der Waals surface area contributed by atoms with Crippen molar-refractivity contribution in [3.8, 4) is 11.8 Å². The van der Waals surface area contributed by atoms with Gasteiger partial charge in [0.25, 0.3) is 0 Å². The van der Waals surface area contributed by atoms with Gasteiger partial charge in [-0.15, -0.1) is 0 Å². The molecule has 5 atom stereocenters. The summed E-state index contributed by atoms with van der Waals surface area (Å²) in [6.45, 7) is -0.0595. The molecule has 2 aromatic heterocycles. The molecule has 1 amide bonds. The number of unbranched alkanes of at least 4 members (excludes halogenated alkanes) is 1. The number of phosphoric ester groups is 1. The number of fused-ring (bicyclic) bond motifs is 1. The number of rotatable bonds is 15. The van der Waals surface area contributed by atoms with Gasteiger partial charge in [0.2, 0.25) is 5.91 Å². The number of nitrogen functional groups attached to an aromatic ring is 1. The highest BCUT2D eigenvalue weighted by atomic mass is 31.3. The number of hydrogen-bond donors (Lipinski definition) is 7. The van der Waals surface area contributed by atoms with E-state index in [2.05, 4.69) is 50.3 Å². The molecule has 0 aliphatic carbocycles. The Hall–Kier alpha value is -2.91. The van der Waals surface area contributed by atoms with Crippen LogP contribution in [-0.2, 0) is 36.4 Å². The molecule has 3 heterocycles. The highest BCUT2D eigenvalue weighted by Crippen LogP contribution is 2.66. The predicted octanol–water partition coefficient (Wildman–Crippen LogP) is 1.34. The molecule has 8 N–H and O–H groups in total. The number of nitrogens with one attached hydrogen (secondary N) is 1. The number of ether oxygens (including phenoxy) is 1. The van der Waals surface area contributed by atoms with Crippen molar-refractivity contribution in [2.45, 2.75) is 50.5 Å². The summed E-state index contributed by atoms with van der Waals surface area (Å²) in [6, 6.07) is 0. The molecule has 0 saturated carbocycles. The van der Waals surface area contributed by atoms with Crippen LogP contribution in [0.15, 0.2) is 17.6 Å². The van der Waals surface area contributed by atoms with Crippen molar-refractivity contribution in [2.24, 2.45) is 5.11 Å². The van der Waals surface area contributed by atoms with Gasteiger partial charge in [-0.2, -0.15) is 8.62 Å². The van der Waals surface area contributed by atoms with E-state index in [0.717, 1.165) is 0 Å². The molecule has 0 aromatic carbocycles. The molecule has 242 valence electrons. The average molecular weight is 682 g/mol. The van der Waals surface area contributed by atoms with Crippen molar-refractivity contribution in [3.63, 3.8) is 0 Å². The molecule has 24 heteroatoms. The Kier molecular flexibility index (Phi) is 12.4. The van der Waals surface area contributed by atoms with Crippen LogP contribution in [0.1, 0.15) is 43.9 Å². The van der Waals surface area contributed by atoms with Crippen LogP contribution in [0, 0.1) is 11.8 Å². The molecule has 21 nitrogen and oxygen atoms in total. The highest BCUT2D eigenvalue weighted by Gasteiger charge is 2.43. The molecule has 3 rings (SSSR count). The number of aliphatic hydroxyl groups is 1. The maximum Gasteiger partial charge on any atom is 0.490 e. The molecule has 0 radical (unpaired) electrons. The second-order valence-electron chi connectivity index (χ2n) is 9.04. The number of carbonyl (C=O) groups excluding carboxylic acids is 1. The van der Waals surface area contributed by atoms with E-state index in [4.69, 9.17) is 25.8 Å². The third-order valence-corrected chi connectivity index (χ3v) is 9.54. The summed E-state index contributed by atoms with van der Waals surface area (Å²) in [5.41, 5.74) is 15.0. The summed E-state index contributed by atoms with van der Waals surface area (Å²) in [4.78, 5) is 59.1. The Morgan fingerprint density at radius 3 is 2.68 bits per heavy atom. The van der Waals surface area contributed by atoms with Crippen molar-refractivity contribution in [2.75, 3.05) is 25.4 Å². The van der Waals surface area contributed by atoms with Crippen LogP contribution in [0.3, 0.4) is 0 Å². The number of nitrogens with two attached hydrogens (primary N) is 1. The number of amides is 1. The minimum atomic E-state index is -5.71. The quantitative estimate of drug-likeness (QED) is 0.0348. The van der Waals surface area contributed by atoms with E-state index in [0.29, 0.717) is 36.9 Å². The minimum absolute atomic E-state index is 0.0754. The van der Waals surface area contributed by atoms with Crippen LogP contribution >= 0.6 is 23.5 Å². The number of hydrogen-bond acceptors (Lipinski definition) is 13. The van der Waals surface area contributed by atoms with Crippen LogP contribution in [0.25, 0.3) is 21.5 Å². The Balaban J connectivity index is 1.63. The molecule has 0 bridgehead atoms. The lowest BCUT2D eigenvalue weighted by atomic mass is 10.2. The smallest absolute Gasteiger partial charge is 0.390 e. The Bertz CT molecular complexity index is 1600. The van der Waals surface area contributed by atoms with Gasteiger partial charge >= 0.3 is 23.5 Å². The largest absolute Gasteiger partial charge is 0.490 e. The summed E-state index contributed by atoms with van der Waals surface area (Å²) in [6.07, 6.45) is 0.833. The third kappa shape index (κ3) is 10.9. The van der Waals surface area contributed by atoms with Gasteiger partial charge in [0.1, 0.15) is 30.1 Å². The maximum atomic E-state index is 12.0. The van der Waals surface area contributed by atoms with Crippen molar-refractivity contribution >= 4 is 46.2 Å². The molecule has 1 aliphatic heterocycles. The Morgan fingerprint density at radius 2 is 1.98 bits per heavy atom. The number of carbonyl (C=O) groups is 1. The van der Waals surface area contributed by atoms with E-state index in [-0.39, 0.29) is 36.6 Å². The van der Waals surface area contributed by atoms with E-state index in [1.54, 1.807) is 0 Å². The first-order valence-corrected chi connectivity index (χ1v) is 17.1. The molecule has 0 spiro atoms. The molecule has 44 heavy (non-hydrogen) atoms. The predicted molar refractivity (Wildman–Crippen MR) is 149 cm³/mol. The molecule has 2 aromatic rings. The maximum absolute atomic E-state index is 12.0. The third-order valence-electron chi connectivity index (χ3n) is 5.74. The van der Waals surface area contributed by atoms with Gasteiger partial charge in [0.05, 0.1) is 23.7 Å². The molecular formula is C20H29N8O13P3. The number of azide groups is 1. The fourth-order valence-corrected chi connectivity index (χ4v) is 6.96. The number of aromatic nitrogens is 3. The van der Waals surface area contributed by atoms with Gasteiger partial charge in [0.15, 0.2) is 0 Å². The summed E-state index contributed by atoms with van der Waals surface area (Å²) >= 11 is 0. The molecule has 2 unspecified atom stereocenters. The van der Waals surface area contributed by atoms with Crippen molar-refractivity contribution in [1.29, 1.82) is 0 Å². The fourth-order valence-electron chi connectivity index (χ4n) is 3.93. The summed E-state index contributed by atoms with van der Waals surface area (Å²) in [5, 5.41) is 17.0. The van der Waals surface area contributed by atoms with Crippen LogP contribution in [0.4, 0.5) is 5.82 Å². The van der Waals surface area contributed by atoms with Gasteiger partial charge in [-0.1, -0.05) is 17.0 Å². The number of aliphatic hydroxyl groups excluding tert-OH is 1. The van der Waals surface area contributed by atoms with E-state index in [9.17, 15) is 33.4 Å². The van der Waals surface area contributed by atoms with E-state index in [1.165, 1.54) is 17.1 Å². The monoisotopic (exact) mass is 682 g/mol. The number of nitrogens with zero attached hydrogens (tertiary/aromatic N) is 6. The summed E-state index contributed by atoms with van der Waals surface area (Å²) < 4.78 is 53.4. The van der Waals surface area contributed by atoms with Gasteiger partial charge in [-0.3, -0.25) is 9.32 Å². The fraction of sp³-hybridized carbons (Fsp3) is 0.550. The Labute approximate surface area is 248 Å². The number of anilines is 1. The normalized spacial score (nSPS) is 21.1. The SMILES string of the molecule is [N-]=[N+]=NCCCCNC(=O)CCC#Cc1cn([C@H]2C[C@H](O)[C@@H](COP(=O)(O)OP(=O)(O)OP(=O)(O)O)O2)c2ncnc(N)c12. The lowest BCUT2D eigenvalue weighted by Crippen LogP contribution is -2.26. The second kappa shape index (κ2) is 15.4.